The van der Waals surface area contributed by atoms with Gasteiger partial charge in [0.2, 0.25) is 0 Å². The highest BCUT2D eigenvalue weighted by molar-refractivity contribution is 5.29. The molecule has 0 aromatic heterocycles. The summed E-state index contributed by atoms with van der Waals surface area (Å²) in [5, 5.41) is 3.33. The molecule has 1 aliphatic rings. The first-order chi connectivity index (χ1) is 7.61. The van der Waals surface area contributed by atoms with Crippen LogP contribution in [0.15, 0.2) is 48.2 Å². The molecule has 2 heteroatoms. The number of hydrogen-bond acceptors (Lipinski definition) is 2. The quantitative estimate of drug-likeness (QED) is 0.730. The van der Waals surface area contributed by atoms with Gasteiger partial charge in [0.15, 0.2) is 0 Å². The van der Waals surface area contributed by atoms with Crippen LogP contribution in [0.3, 0.4) is 0 Å². The van der Waals surface area contributed by atoms with E-state index in [1.54, 1.807) is 0 Å². The molecule has 0 bridgehead atoms. The van der Waals surface area contributed by atoms with E-state index in [9.17, 15) is 0 Å². The highest BCUT2D eigenvalue weighted by Gasteiger charge is 2.08. The summed E-state index contributed by atoms with van der Waals surface area (Å²) in [6, 6.07) is 0. The fourth-order valence-electron chi connectivity index (χ4n) is 1.48. The lowest BCUT2D eigenvalue weighted by Crippen LogP contribution is -2.40. The van der Waals surface area contributed by atoms with Crippen LogP contribution in [-0.4, -0.2) is 24.7 Å². The van der Waals surface area contributed by atoms with Gasteiger partial charge in [-0.2, -0.15) is 0 Å². The lowest BCUT2D eigenvalue weighted by Gasteiger charge is -2.29. The van der Waals surface area contributed by atoms with Gasteiger partial charge in [-0.15, -0.1) is 0 Å². The van der Waals surface area contributed by atoms with Crippen LogP contribution in [-0.2, 0) is 0 Å². The summed E-state index contributed by atoms with van der Waals surface area (Å²) in [5.74, 6) is 0. The monoisotopic (exact) mass is 218 g/mol. The van der Waals surface area contributed by atoms with Crippen molar-refractivity contribution < 1.29 is 0 Å². The number of nitrogens with one attached hydrogen (secondary N) is 1. The van der Waals surface area contributed by atoms with Crippen LogP contribution in [0, 0.1) is 0 Å². The van der Waals surface area contributed by atoms with E-state index in [1.165, 1.54) is 12.0 Å². The van der Waals surface area contributed by atoms with Gasteiger partial charge in [-0.25, -0.2) is 0 Å². The zero-order valence-corrected chi connectivity index (χ0v) is 10.4. The molecule has 0 amide bonds. The minimum atomic E-state index is 0.909. The van der Waals surface area contributed by atoms with Gasteiger partial charge in [-0.3, -0.25) is 5.32 Å². The first kappa shape index (κ1) is 12.8. The van der Waals surface area contributed by atoms with E-state index in [-0.39, 0.29) is 0 Å². The molecule has 0 saturated carbocycles. The molecular weight excluding hydrogens is 196 g/mol. The maximum atomic E-state index is 4.07. The molecule has 2 nitrogen and oxygen atoms in total. The number of nitrogens with zero attached hydrogens (tertiary/aromatic N) is 1. The Balaban J connectivity index is 2.47. The standard InChI is InChI=1S/C14H22N2/c1-12(2)13(3)7-5-8-14(4)16-10-6-9-15-11-16/h5,7-8,15H,1,4,6,9-11H2,2-3H3/b8-5-,13-7+. The van der Waals surface area contributed by atoms with Crippen molar-refractivity contribution in [1.29, 1.82) is 0 Å². The van der Waals surface area contributed by atoms with Crippen molar-refractivity contribution in [3.63, 3.8) is 0 Å². The van der Waals surface area contributed by atoms with E-state index in [4.69, 9.17) is 0 Å². The van der Waals surface area contributed by atoms with Crippen LogP contribution in [0.2, 0.25) is 0 Å². The second-order valence-electron chi connectivity index (χ2n) is 4.26. The Morgan fingerprint density at radius 3 is 2.62 bits per heavy atom. The third-order valence-electron chi connectivity index (χ3n) is 2.80. The van der Waals surface area contributed by atoms with Crippen LogP contribution in [0.1, 0.15) is 20.3 Å². The average molecular weight is 218 g/mol. The van der Waals surface area contributed by atoms with Gasteiger partial charge < -0.3 is 4.90 Å². The van der Waals surface area contributed by atoms with Gasteiger partial charge in [0, 0.05) is 12.2 Å². The second-order valence-corrected chi connectivity index (χ2v) is 4.26. The van der Waals surface area contributed by atoms with Crippen LogP contribution < -0.4 is 5.32 Å². The van der Waals surface area contributed by atoms with Crippen molar-refractivity contribution in [1.82, 2.24) is 10.2 Å². The molecule has 0 aliphatic carbocycles. The van der Waals surface area contributed by atoms with E-state index in [0.717, 1.165) is 31.0 Å². The van der Waals surface area contributed by atoms with Gasteiger partial charge in [0.05, 0.1) is 6.67 Å². The summed E-state index contributed by atoms with van der Waals surface area (Å²) in [5.41, 5.74) is 3.38. The Hall–Kier alpha value is -1.28. The van der Waals surface area contributed by atoms with Crippen molar-refractivity contribution in [2.24, 2.45) is 0 Å². The predicted molar refractivity (Wildman–Crippen MR) is 71.0 cm³/mol. The highest BCUT2D eigenvalue weighted by Crippen LogP contribution is 2.08. The maximum Gasteiger partial charge on any atom is 0.0681 e. The first-order valence-corrected chi connectivity index (χ1v) is 5.76. The molecule has 0 spiro atoms. The van der Waals surface area contributed by atoms with Gasteiger partial charge in [0.25, 0.3) is 0 Å². The Bertz CT molecular complexity index is 318. The molecule has 1 heterocycles. The van der Waals surface area contributed by atoms with Crippen molar-refractivity contribution in [3.8, 4) is 0 Å². The van der Waals surface area contributed by atoms with Crippen LogP contribution >= 0.6 is 0 Å². The smallest absolute Gasteiger partial charge is 0.0681 e. The molecule has 0 radical (unpaired) electrons. The second kappa shape index (κ2) is 6.33. The molecule has 0 aromatic carbocycles. The minimum absolute atomic E-state index is 0.909. The molecule has 1 fully saturated rings. The van der Waals surface area contributed by atoms with Crippen molar-refractivity contribution >= 4 is 0 Å². The maximum absolute atomic E-state index is 4.07. The van der Waals surface area contributed by atoms with E-state index in [1.807, 2.05) is 13.0 Å². The van der Waals surface area contributed by atoms with Crippen LogP contribution in [0.4, 0.5) is 0 Å². The summed E-state index contributed by atoms with van der Waals surface area (Å²) < 4.78 is 0. The molecular formula is C14H22N2. The molecule has 0 aromatic rings. The SMILES string of the molecule is C=C(C)/C(C)=C/C=C\C(=C)N1CCCNC1. The predicted octanol–water partition coefficient (Wildman–Crippen LogP) is 2.83. The molecule has 0 atom stereocenters. The number of allylic oxidation sites excluding steroid dienone is 5. The van der Waals surface area contributed by atoms with Gasteiger partial charge in [-0.05, 0) is 38.5 Å². The summed E-state index contributed by atoms with van der Waals surface area (Å²) in [7, 11) is 0. The normalized spacial score (nSPS) is 17.9. The molecule has 0 unspecified atom stereocenters. The van der Waals surface area contributed by atoms with E-state index in [2.05, 4.69) is 42.5 Å². The number of rotatable bonds is 4. The van der Waals surface area contributed by atoms with Crippen molar-refractivity contribution in [2.75, 3.05) is 19.8 Å². The van der Waals surface area contributed by atoms with Crippen LogP contribution in [0.25, 0.3) is 0 Å². The molecule has 88 valence electrons. The van der Waals surface area contributed by atoms with Crippen LogP contribution in [0.5, 0.6) is 0 Å². The molecule has 16 heavy (non-hydrogen) atoms. The third kappa shape index (κ3) is 4.07. The summed E-state index contributed by atoms with van der Waals surface area (Å²) in [6.07, 6.45) is 7.36. The van der Waals surface area contributed by atoms with Gasteiger partial charge >= 0.3 is 0 Å². The zero-order chi connectivity index (χ0) is 12.0. The summed E-state index contributed by atoms with van der Waals surface area (Å²) in [6.45, 7) is 15.2. The lowest BCUT2D eigenvalue weighted by molar-refractivity contribution is 0.278. The largest absolute Gasteiger partial charge is 0.359 e. The molecule has 1 aliphatic heterocycles. The minimum Gasteiger partial charge on any atom is -0.359 e. The average Bonchev–Trinajstić information content (AvgIpc) is 2.29. The fraction of sp³-hybridized carbons (Fsp3) is 0.429. The zero-order valence-electron chi connectivity index (χ0n) is 10.4. The van der Waals surface area contributed by atoms with Gasteiger partial charge in [-0.1, -0.05) is 30.9 Å². The first-order valence-electron chi connectivity index (χ1n) is 5.76. The number of hydrogen-bond donors (Lipinski definition) is 1. The van der Waals surface area contributed by atoms with Crippen molar-refractivity contribution in [2.45, 2.75) is 20.3 Å². The fourth-order valence-corrected chi connectivity index (χ4v) is 1.48. The molecule has 1 saturated heterocycles. The van der Waals surface area contributed by atoms with Crippen molar-refractivity contribution in [3.05, 3.63) is 48.2 Å². The highest BCUT2D eigenvalue weighted by atomic mass is 15.2. The Kier molecular flexibility index (Phi) is 5.06. The third-order valence-corrected chi connectivity index (χ3v) is 2.80. The Labute approximate surface area is 99.0 Å². The lowest BCUT2D eigenvalue weighted by atomic mass is 10.1. The van der Waals surface area contributed by atoms with E-state index in [0.29, 0.717) is 0 Å². The van der Waals surface area contributed by atoms with E-state index < -0.39 is 0 Å². The van der Waals surface area contributed by atoms with Gasteiger partial charge in [0.1, 0.15) is 0 Å². The Morgan fingerprint density at radius 1 is 1.31 bits per heavy atom. The molecule has 1 rings (SSSR count). The summed E-state index contributed by atoms with van der Waals surface area (Å²) in [4.78, 5) is 2.25. The topological polar surface area (TPSA) is 15.3 Å². The molecule has 1 N–H and O–H groups in total. The summed E-state index contributed by atoms with van der Waals surface area (Å²) >= 11 is 0. The Morgan fingerprint density at radius 2 is 2.06 bits per heavy atom. The van der Waals surface area contributed by atoms with E-state index >= 15 is 0 Å².